The van der Waals surface area contributed by atoms with Gasteiger partial charge < -0.3 is 57.4 Å². The van der Waals surface area contributed by atoms with Crippen molar-refractivity contribution in [2.24, 2.45) is 17.6 Å². The minimum Gasteiger partial charge on any atom is -0.508 e. The largest absolute Gasteiger partial charge is 0.508 e. The fourth-order valence-electron chi connectivity index (χ4n) is 6.76. The molecule has 0 bridgehead atoms. The Kier molecular flexibility index (Phi) is 16.5. The molecule has 3 aromatic rings. The summed E-state index contributed by atoms with van der Waals surface area (Å²) in [5.74, 6) is -5.75. The number of rotatable bonds is 21. The van der Waals surface area contributed by atoms with Gasteiger partial charge in [0.1, 0.15) is 42.0 Å². The van der Waals surface area contributed by atoms with Crippen LogP contribution in [-0.2, 0) is 52.8 Å². The predicted molar refractivity (Wildman–Crippen MR) is 212 cm³/mol. The number of nitrogens with one attached hydrogen (secondary N) is 7. The number of carbonyl (C=O) groups is 7. The zero-order valence-electron chi connectivity index (χ0n) is 33.6. The summed E-state index contributed by atoms with van der Waals surface area (Å²) in [4.78, 5) is 109. The lowest BCUT2D eigenvalue weighted by atomic mass is 10.0. The fourth-order valence-corrected chi connectivity index (χ4v) is 6.76. The van der Waals surface area contributed by atoms with Crippen LogP contribution in [0.5, 0.6) is 5.75 Å². The number of aromatic nitrogens is 4. The van der Waals surface area contributed by atoms with Crippen LogP contribution in [0.1, 0.15) is 63.9 Å². The van der Waals surface area contributed by atoms with Gasteiger partial charge in [-0.15, -0.1) is 0 Å². The number of carbonyl (C=O) groups excluding carboxylic acids is 6. The van der Waals surface area contributed by atoms with Gasteiger partial charge in [-0.3, -0.25) is 28.8 Å². The number of amides is 6. The van der Waals surface area contributed by atoms with E-state index in [2.05, 4.69) is 46.5 Å². The van der Waals surface area contributed by atoms with Crippen LogP contribution < -0.4 is 32.3 Å². The Morgan fingerprint density at radius 3 is 1.86 bits per heavy atom. The van der Waals surface area contributed by atoms with Crippen LogP contribution in [0.25, 0.3) is 0 Å². The molecule has 20 heteroatoms. The van der Waals surface area contributed by atoms with Gasteiger partial charge in [-0.25, -0.2) is 14.8 Å². The number of H-pyrrole nitrogens is 2. The molecular weight excluding hydrogens is 766 g/mol. The maximum Gasteiger partial charge on any atom is 0.326 e. The maximum absolute atomic E-state index is 14.4. The summed E-state index contributed by atoms with van der Waals surface area (Å²) in [7, 11) is 0. The smallest absolute Gasteiger partial charge is 0.326 e. The molecule has 1 saturated heterocycles. The summed E-state index contributed by atoms with van der Waals surface area (Å²) in [5, 5.41) is 32.9. The highest BCUT2D eigenvalue weighted by molar-refractivity contribution is 5.97. The number of benzene rings is 1. The van der Waals surface area contributed by atoms with E-state index in [1.54, 1.807) is 26.0 Å². The predicted octanol–water partition coefficient (Wildman–Crippen LogP) is -0.973. The Bertz CT molecular complexity index is 1890. The molecule has 3 heterocycles. The number of likely N-dealkylation sites (tertiary alicyclic amines) is 1. The van der Waals surface area contributed by atoms with Gasteiger partial charge in [-0.2, -0.15) is 0 Å². The topological polar surface area (TPSA) is 307 Å². The Hall–Kier alpha value is -6.31. The van der Waals surface area contributed by atoms with E-state index in [4.69, 9.17) is 5.73 Å². The monoisotopic (exact) mass is 821 g/mol. The number of aromatic hydroxyl groups is 1. The molecule has 0 unspecified atom stereocenters. The molecule has 20 nitrogen and oxygen atoms in total. The van der Waals surface area contributed by atoms with Crippen LogP contribution in [0, 0.1) is 11.8 Å². The minimum atomic E-state index is -1.24. The third-order valence-electron chi connectivity index (χ3n) is 9.83. The molecule has 1 aliphatic heterocycles. The lowest BCUT2D eigenvalue weighted by Gasteiger charge is -2.31. The average Bonchev–Trinajstić information content (AvgIpc) is 4.00. The van der Waals surface area contributed by atoms with Gasteiger partial charge in [0.2, 0.25) is 35.4 Å². The van der Waals surface area contributed by atoms with Gasteiger partial charge in [-0.1, -0.05) is 39.8 Å². The van der Waals surface area contributed by atoms with Gasteiger partial charge in [-0.05, 0) is 48.8 Å². The maximum atomic E-state index is 14.4. The zero-order chi connectivity index (χ0) is 43.2. The van der Waals surface area contributed by atoms with E-state index in [1.165, 1.54) is 42.1 Å². The van der Waals surface area contributed by atoms with Gasteiger partial charge >= 0.3 is 5.97 Å². The lowest BCUT2D eigenvalue weighted by molar-refractivity contribution is -0.143. The van der Waals surface area contributed by atoms with Crippen LogP contribution in [0.15, 0.2) is 49.3 Å². The van der Waals surface area contributed by atoms with Crippen molar-refractivity contribution in [1.82, 2.24) is 51.4 Å². The molecule has 11 N–H and O–H groups in total. The summed E-state index contributed by atoms with van der Waals surface area (Å²) < 4.78 is 0. The molecule has 0 spiro atoms. The molecule has 320 valence electrons. The molecule has 2 aromatic heterocycles. The Balaban J connectivity index is 1.55. The molecule has 59 heavy (non-hydrogen) atoms. The van der Waals surface area contributed by atoms with E-state index in [1.807, 2.05) is 13.8 Å². The number of aromatic amines is 2. The molecule has 0 saturated carbocycles. The van der Waals surface area contributed by atoms with E-state index in [0.29, 0.717) is 23.4 Å². The van der Waals surface area contributed by atoms with Crippen LogP contribution in [0.2, 0.25) is 0 Å². The van der Waals surface area contributed by atoms with Crippen LogP contribution in [-0.4, -0.2) is 126 Å². The second kappa shape index (κ2) is 21.4. The molecule has 6 amide bonds. The SMILES string of the molecule is CC(C)C[C@H](NC(=O)[C@@H]1CCCN1C(=O)[C@H](Cc1ccc(O)cc1)NC(=O)[C@H](Cc1cnc[nH]1)NC(=O)CN)C(=O)N[C@@H](Cc1cnc[nH]1)C(=O)N[C@H](C(=O)O)C(C)C. The molecule has 4 rings (SSSR count). The van der Waals surface area contributed by atoms with Crippen molar-refractivity contribution in [1.29, 1.82) is 0 Å². The molecular formula is C39H55N11O9. The lowest BCUT2D eigenvalue weighted by Crippen LogP contribution is -2.60. The number of phenolic OH excluding ortho intramolecular Hbond substituents is 1. The second-order valence-corrected chi connectivity index (χ2v) is 15.3. The first-order chi connectivity index (χ1) is 28.1. The van der Waals surface area contributed by atoms with Crippen molar-refractivity contribution in [2.75, 3.05) is 13.1 Å². The third kappa shape index (κ3) is 13.4. The summed E-state index contributed by atoms with van der Waals surface area (Å²) in [6.07, 6.45) is 6.54. The highest BCUT2D eigenvalue weighted by Crippen LogP contribution is 2.22. The van der Waals surface area contributed by atoms with E-state index in [0.717, 1.165) is 0 Å². The summed E-state index contributed by atoms with van der Waals surface area (Å²) in [6.45, 7) is 6.74. The van der Waals surface area contributed by atoms with Crippen molar-refractivity contribution in [2.45, 2.75) is 102 Å². The molecule has 0 radical (unpaired) electrons. The zero-order valence-corrected chi connectivity index (χ0v) is 33.6. The van der Waals surface area contributed by atoms with E-state index >= 15 is 0 Å². The van der Waals surface area contributed by atoms with Gasteiger partial charge in [0.05, 0.1) is 19.2 Å². The quantitative estimate of drug-likeness (QED) is 0.0621. The highest BCUT2D eigenvalue weighted by atomic mass is 16.4. The summed E-state index contributed by atoms with van der Waals surface area (Å²) in [6, 6.07) is -0.970. The summed E-state index contributed by atoms with van der Waals surface area (Å²) >= 11 is 0. The standard InChI is InChI=1S/C39H55N11O9/c1-21(2)12-27(34(53)46-29(15-25-18-42-20-44-25)36(55)49-33(22(3)4)39(58)59)47-37(56)31-6-5-11-50(31)38(57)30(13-23-7-9-26(51)10-8-23)48-35(54)28(45-32(52)16-40)14-24-17-41-19-43-24/h7-10,17-22,27-31,33,51H,5-6,11-16,40H2,1-4H3,(H,41,43)(H,42,44)(H,45,52)(H,46,53)(H,47,56)(H,48,54)(H,49,55)(H,58,59)/t27-,28-,29-,30-,31-,33-/m0/s1. The van der Waals surface area contributed by atoms with Gasteiger partial charge in [0.15, 0.2) is 0 Å². The van der Waals surface area contributed by atoms with Gasteiger partial charge in [0, 0.05) is 49.6 Å². The number of nitrogens with two attached hydrogens (primary N) is 1. The highest BCUT2D eigenvalue weighted by Gasteiger charge is 2.40. The van der Waals surface area contributed by atoms with E-state index in [-0.39, 0.29) is 56.9 Å². The van der Waals surface area contributed by atoms with Crippen LogP contribution >= 0.6 is 0 Å². The molecule has 6 atom stereocenters. The number of imidazole rings is 2. The Morgan fingerprint density at radius 2 is 1.34 bits per heavy atom. The number of carboxylic acids is 1. The van der Waals surface area contributed by atoms with Crippen LogP contribution in [0.4, 0.5) is 0 Å². The van der Waals surface area contributed by atoms with E-state index in [9.17, 15) is 43.8 Å². The Labute approximate surface area is 341 Å². The number of phenols is 1. The number of hydrogen-bond acceptors (Lipinski definition) is 11. The second-order valence-electron chi connectivity index (χ2n) is 15.3. The van der Waals surface area contributed by atoms with Crippen molar-refractivity contribution < 1.29 is 43.8 Å². The van der Waals surface area contributed by atoms with Crippen molar-refractivity contribution in [3.63, 3.8) is 0 Å². The number of aliphatic carboxylic acids is 1. The van der Waals surface area contributed by atoms with Crippen molar-refractivity contribution in [3.05, 3.63) is 66.3 Å². The summed E-state index contributed by atoms with van der Waals surface area (Å²) in [5.41, 5.74) is 7.13. The number of nitrogens with zero attached hydrogens (tertiary/aromatic N) is 3. The fraction of sp³-hybridized carbons (Fsp3) is 0.513. The Morgan fingerprint density at radius 1 is 0.780 bits per heavy atom. The first-order valence-electron chi connectivity index (χ1n) is 19.5. The first kappa shape index (κ1) is 45.4. The number of carboxylic acid groups (broad SMARTS) is 1. The molecule has 1 fully saturated rings. The first-order valence-corrected chi connectivity index (χ1v) is 19.5. The molecule has 1 aromatic carbocycles. The van der Waals surface area contributed by atoms with Crippen LogP contribution in [0.3, 0.4) is 0 Å². The average molecular weight is 822 g/mol. The number of hydrogen-bond donors (Lipinski definition) is 10. The van der Waals surface area contributed by atoms with Crippen molar-refractivity contribution in [3.8, 4) is 5.75 Å². The molecule has 0 aliphatic carbocycles. The normalized spacial score (nSPS) is 16.4. The van der Waals surface area contributed by atoms with E-state index < -0.39 is 83.6 Å². The molecule has 1 aliphatic rings. The van der Waals surface area contributed by atoms with Crippen molar-refractivity contribution >= 4 is 41.4 Å². The minimum absolute atomic E-state index is 0.00526. The third-order valence-corrected chi connectivity index (χ3v) is 9.83. The van der Waals surface area contributed by atoms with Gasteiger partial charge in [0.25, 0.3) is 0 Å².